The fourth-order valence-electron chi connectivity index (χ4n) is 3.34. The van der Waals surface area contributed by atoms with Crippen LogP contribution in [0.25, 0.3) is 0 Å². The van der Waals surface area contributed by atoms with Crippen LogP contribution in [-0.2, 0) is 14.3 Å². The number of amides is 2. The van der Waals surface area contributed by atoms with Gasteiger partial charge in [0.15, 0.2) is 0 Å². The molecule has 1 unspecified atom stereocenters. The molecule has 1 fully saturated rings. The van der Waals surface area contributed by atoms with E-state index in [0.717, 1.165) is 45.7 Å². The lowest BCUT2D eigenvalue weighted by Crippen LogP contribution is -2.46. The summed E-state index contributed by atoms with van der Waals surface area (Å²) in [5, 5.41) is 3.22. The van der Waals surface area contributed by atoms with Gasteiger partial charge in [-0.15, -0.1) is 0 Å². The Morgan fingerprint density at radius 2 is 2.15 bits per heavy atom. The summed E-state index contributed by atoms with van der Waals surface area (Å²) >= 11 is 5.24. The summed E-state index contributed by atoms with van der Waals surface area (Å²) in [4.78, 5) is 33.2. The third kappa shape index (κ3) is 4.88. The Labute approximate surface area is 165 Å². The Morgan fingerprint density at radius 3 is 2.89 bits per heavy atom. The summed E-state index contributed by atoms with van der Waals surface area (Å²) in [5.74, 6) is -0.658. The van der Waals surface area contributed by atoms with Crippen molar-refractivity contribution in [2.45, 2.75) is 19.8 Å². The molecule has 0 aromatic heterocycles. The number of morpholine rings is 1. The molecule has 0 bridgehead atoms. The predicted octanol–water partition coefficient (Wildman–Crippen LogP) is 0.915. The maximum Gasteiger partial charge on any atom is 0.251 e. The predicted molar refractivity (Wildman–Crippen MR) is 108 cm³/mol. The standard InChI is InChI=1S/C19H26N4O3S/c1-2-7-23-18(25)15-5-4-14(13-16(15)21-19(23)27)17(24)20-6-3-8-22-9-11-26-12-10-22/h4-5,13,15H,2-3,6-12H2,1H3,(H,20,24). The second-order valence-corrected chi connectivity index (χ2v) is 7.17. The lowest BCUT2D eigenvalue weighted by Gasteiger charge is -2.30. The molecule has 0 saturated carbocycles. The van der Waals surface area contributed by atoms with Crippen LogP contribution in [0.2, 0.25) is 0 Å². The number of nitrogens with zero attached hydrogens (tertiary/aromatic N) is 3. The van der Waals surface area contributed by atoms with Crippen molar-refractivity contribution >= 4 is 34.9 Å². The number of carbonyl (C=O) groups excluding carboxylic acids is 2. The van der Waals surface area contributed by atoms with Gasteiger partial charge in [-0.1, -0.05) is 19.1 Å². The first-order valence-electron chi connectivity index (χ1n) is 9.52. The molecule has 8 heteroatoms. The van der Waals surface area contributed by atoms with Crippen molar-refractivity contribution in [3.8, 4) is 0 Å². The number of hydrogen-bond acceptors (Lipinski definition) is 5. The molecule has 1 atom stereocenters. The Morgan fingerprint density at radius 1 is 1.37 bits per heavy atom. The van der Waals surface area contributed by atoms with E-state index in [9.17, 15) is 9.59 Å². The molecule has 0 aromatic rings. The van der Waals surface area contributed by atoms with Crippen LogP contribution in [0.3, 0.4) is 0 Å². The molecule has 2 amide bonds. The molecule has 7 nitrogen and oxygen atoms in total. The minimum absolute atomic E-state index is 0.0654. The van der Waals surface area contributed by atoms with E-state index in [4.69, 9.17) is 17.0 Å². The molecule has 3 rings (SSSR count). The summed E-state index contributed by atoms with van der Waals surface area (Å²) in [5.41, 5.74) is 1.06. The van der Waals surface area contributed by atoms with Gasteiger partial charge in [0.05, 0.1) is 24.8 Å². The third-order valence-corrected chi connectivity index (χ3v) is 5.14. The number of rotatable bonds is 7. The van der Waals surface area contributed by atoms with Crippen LogP contribution in [0.15, 0.2) is 28.8 Å². The average molecular weight is 391 g/mol. The zero-order valence-electron chi connectivity index (χ0n) is 15.6. The maximum absolute atomic E-state index is 12.6. The summed E-state index contributed by atoms with van der Waals surface area (Å²) in [6.07, 6.45) is 6.84. The van der Waals surface area contributed by atoms with E-state index in [-0.39, 0.29) is 16.9 Å². The second kappa shape index (κ2) is 9.34. The number of nitrogens with one attached hydrogen (secondary N) is 1. The van der Waals surface area contributed by atoms with E-state index in [1.165, 1.54) is 0 Å². The third-order valence-electron chi connectivity index (χ3n) is 4.83. The molecule has 3 aliphatic rings. The molecule has 1 N–H and O–H groups in total. The molecule has 146 valence electrons. The van der Waals surface area contributed by atoms with Gasteiger partial charge in [-0.05, 0) is 37.7 Å². The van der Waals surface area contributed by atoms with Crippen molar-refractivity contribution in [3.63, 3.8) is 0 Å². The van der Waals surface area contributed by atoms with Crippen LogP contribution in [0.5, 0.6) is 0 Å². The zero-order chi connectivity index (χ0) is 19.2. The van der Waals surface area contributed by atoms with Crippen molar-refractivity contribution < 1.29 is 14.3 Å². The van der Waals surface area contributed by atoms with Gasteiger partial charge in [0.1, 0.15) is 0 Å². The van der Waals surface area contributed by atoms with Crippen LogP contribution >= 0.6 is 12.2 Å². The number of fused-ring (bicyclic) bond motifs is 1. The summed E-state index contributed by atoms with van der Waals surface area (Å²) < 4.78 is 5.33. The molecular weight excluding hydrogens is 364 g/mol. The van der Waals surface area contributed by atoms with Gasteiger partial charge in [-0.25, -0.2) is 4.99 Å². The fraction of sp³-hybridized carbons (Fsp3) is 0.579. The van der Waals surface area contributed by atoms with Crippen molar-refractivity contribution in [1.29, 1.82) is 0 Å². The van der Waals surface area contributed by atoms with Gasteiger partial charge >= 0.3 is 0 Å². The molecular formula is C19H26N4O3S. The lowest BCUT2D eigenvalue weighted by atomic mass is 9.91. The number of aliphatic imine (C=N–C) groups is 1. The van der Waals surface area contributed by atoms with Gasteiger partial charge in [-0.2, -0.15) is 0 Å². The van der Waals surface area contributed by atoms with E-state index in [0.29, 0.717) is 24.4 Å². The van der Waals surface area contributed by atoms with Crippen molar-refractivity contribution in [3.05, 3.63) is 23.8 Å². The van der Waals surface area contributed by atoms with E-state index >= 15 is 0 Å². The van der Waals surface area contributed by atoms with Crippen LogP contribution in [0, 0.1) is 5.92 Å². The first-order valence-corrected chi connectivity index (χ1v) is 9.93. The number of hydrogen-bond donors (Lipinski definition) is 1. The molecule has 0 aromatic carbocycles. The summed E-state index contributed by atoms with van der Waals surface area (Å²) in [6.45, 7) is 7.58. The summed E-state index contributed by atoms with van der Waals surface area (Å²) in [6, 6.07) is 0. The van der Waals surface area contributed by atoms with Crippen LogP contribution < -0.4 is 5.32 Å². The zero-order valence-corrected chi connectivity index (χ0v) is 16.5. The largest absolute Gasteiger partial charge is 0.379 e. The Bertz CT molecular complexity index is 695. The maximum atomic E-state index is 12.6. The van der Waals surface area contributed by atoms with E-state index in [1.54, 1.807) is 23.1 Å². The van der Waals surface area contributed by atoms with Crippen molar-refractivity contribution in [2.24, 2.45) is 10.9 Å². The number of allylic oxidation sites excluding steroid dienone is 1. The topological polar surface area (TPSA) is 74.2 Å². The molecule has 1 aliphatic carbocycles. The number of thiocarbonyl (C=S) groups is 1. The SMILES string of the molecule is CCCN1C(=O)C2C=CC(C(=O)NCCCN3CCOCC3)=CC2=NC1=S. The van der Waals surface area contributed by atoms with Gasteiger partial charge in [-0.3, -0.25) is 19.4 Å². The highest BCUT2D eigenvalue weighted by Crippen LogP contribution is 2.22. The van der Waals surface area contributed by atoms with E-state index in [1.807, 2.05) is 6.92 Å². The second-order valence-electron chi connectivity index (χ2n) is 6.81. The Balaban J connectivity index is 1.53. The first-order chi connectivity index (χ1) is 13.1. The van der Waals surface area contributed by atoms with Gasteiger partial charge in [0.25, 0.3) is 5.91 Å². The molecule has 2 heterocycles. The first kappa shape index (κ1) is 19.9. The molecule has 27 heavy (non-hydrogen) atoms. The molecule has 0 spiro atoms. The highest BCUT2D eigenvalue weighted by Gasteiger charge is 2.34. The smallest absolute Gasteiger partial charge is 0.251 e. The van der Waals surface area contributed by atoms with Crippen molar-refractivity contribution in [2.75, 3.05) is 45.9 Å². The molecule has 0 radical (unpaired) electrons. The van der Waals surface area contributed by atoms with Crippen molar-refractivity contribution in [1.82, 2.24) is 15.1 Å². The van der Waals surface area contributed by atoms with Crippen LogP contribution in [-0.4, -0.2) is 78.4 Å². The van der Waals surface area contributed by atoms with Crippen LogP contribution in [0.4, 0.5) is 0 Å². The highest BCUT2D eigenvalue weighted by molar-refractivity contribution is 7.80. The summed E-state index contributed by atoms with van der Waals surface area (Å²) in [7, 11) is 0. The minimum Gasteiger partial charge on any atom is -0.379 e. The fourth-order valence-corrected chi connectivity index (χ4v) is 3.63. The lowest BCUT2D eigenvalue weighted by molar-refractivity contribution is -0.128. The average Bonchev–Trinajstić information content (AvgIpc) is 2.68. The molecule has 1 saturated heterocycles. The quantitative estimate of drug-likeness (QED) is 0.517. The highest BCUT2D eigenvalue weighted by atomic mass is 32.1. The van der Waals surface area contributed by atoms with E-state index in [2.05, 4.69) is 15.2 Å². The van der Waals surface area contributed by atoms with Gasteiger partial charge in [0.2, 0.25) is 11.0 Å². The Hall–Kier alpha value is -1.90. The van der Waals surface area contributed by atoms with E-state index < -0.39 is 5.92 Å². The van der Waals surface area contributed by atoms with Crippen LogP contribution in [0.1, 0.15) is 19.8 Å². The number of ether oxygens (including phenoxy) is 1. The normalized spacial score (nSPS) is 23.0. The minimum atomic E-state index is -0.443. The Kier molecular flexibility index (Phi) is 6.87. The molecule has 2 aliphatic heterocycles. The monoisotopic (exact) mass is 390 g/mol. The van der Waals surface area contributed by atoms with Gasteiger partial charge in [0, 0.05) is 31.8 Å². The number of carbonyl (C=O) groups is 2. The van der Waals surface area contributed by atoms with Gasteiger partial charge < -0.3 is 10.1 Å².